The van der Waals surface area contributed by atoms with Crippen molar-refractivity contribution in [3.05, 3.63) is 66.7 Å². The number of nitrogens with zero attached hydrogens (tertiary/aromatic N) is 1. The number of benzene rings is 3. The molecule has 0 aliphatic carbocycles. The molecule has 1 aromatic heterocycles. The number of para-hydroxylation sites is 1. The third kappa shape index (κ3) is 5.70. The van der Waals surface area contributed by atoms with Gasteiger partial charge in [0.25, 0.3) is 0 Å². The van der Waals surface area contributed by atoms with Crippen molar-refractivity contribution in [2.45, 2.75) is 63.1 Å². The van der Waals surface area contributed by atoms with Crippen LogP contribution in [0.15, 0.2) is 71.6 Å². The largest absolute Gasteiger partial charge is 0.341 e. The van der Waals surface area contributed by atoms with E-state index in [-0.39, 0.29) is 17.1 Å². The Labute approximate surface area is 211 Å². The lowest BCUT2D eigenvalue weighted by molar-refractivity contribution is -0.116. The van der Waals surface area contributed by atoms with Gasteiger partial charge in [-0.1, -0.05) is 44.5 Å². The first kappa shape index (κ1) is 24.9. The summed E-state index contributed by atoms with van der Waals surface area (Å²) in [5.74, 6) is 0.00655. The number of anilines is 2. The maximum atomic E-state index is 13.2. The summed E-state index contributed by atoms with van der Waals surface area (Å²) in [6, 6.07) is 22.3. The smallest absolute Gasteiger partial charge is 0.237 e. The Bertz CT molecular complexity index is 1340. The number of carbonyl (C=O) groups is 2. The van der Waals surface area contributed by atoms with E-state index in [1.54, 1.807) is 0 Å². The average molecular weight is 488 g/mol. The van der Waals surface area contributed by atoms with Crippen LogP contribution >= 0.6 is 11.8 Å². The van der Waals surface area contributed by atoms with E-state index >= 15 is 0 Å². The first-order valence-corrected chi connectivity index (χ1v) is 13.3. The van der Waals surface area contributed by atoms with Crippen molar-refractivity contribution in [2.75, 3.05) is 10.6 Å². The summed E-state index contributed by atoms with van der Waals surface area (Å²) < 4.78 is 2.30. The van der Waals surface area contributed by atoms with Gasteiger partial charge in [-0.05, 0) is 62.2 Å². The lowest BCUT2D eigenvalue weighted by Gasteiger charge is -2.16. The second kappa shape index (κ2) is 11.5. The van der Waals surface area contributed by atoms with Crippen molar-refractivity contribution in [3.8, 4) is 0 Å². The van der Waals surface area contributed by atoms with Gasteiger partial charge in [0.05, 0.1) is 5.25 Å². The maximum Gasteiger partial charge on any atom is 0.237 e. The lowest BCUT2D eigenvalue weighted by Crippen LogP contribution is -2.24. The Morgan fingerprint density at radius 2 is 1.63 bits per heavy atom. The number of aryl methyl sites for hydroxylation is 1. The van der Waals surface area contributed by atoms with E-state index in [0.29, 0.717) is 12.8 Å². The summed E-state index contributed by atoms with van der Waals surface area (Å²) in [6.45, 7) is 7.13. The number of carbonyl (C=O) groups excluding carboxylic acids is 2. The van der Waals surface area contributed by atoms with Crippen LogP contribution in [0.2, 0.25) is 0 Å². The van der Waals surface area contributed by atoms with Crippen LogP contribution in [0.4, 0.5) is 11.4 Å². The summed E-state index contributed by atoms with van der Waals surface area (Å²) in [4.78, 5) is 26.2. The number of fused-ring (bicyclic) bond motifs is 3. The molecular formula is C29H33N3O2S. The van der Waals surface area contributed by atoms with E-state index in [0.717, 1.165) is 41.0 Å². The molecule has 2 N–H and O–H groups in total. The standard InChI is InChI=1S/C29H33N3O2S/c1-4-7-15-28(33)30-20-11-10-12-22(18-20)35-27(5-2)29(34)31-21-16-17-26-24(19-21)23-13-8-9-14-25(23)32(26)6-3/h8-14,16-19,27H,4-7,15H2,1-3H3,(H,30,33)(H,31,34). The van der Waals surface area contributed by atoms with E-state index in [9.17, 15) is 9.59 Å². The molecule has 0 radical (unpaired) electrons. The Balaban J connectivity index is 1.48. The highest BCUT2D eigenvalue weighted by molar-refractivity contribution is 8.00. The number of hydrogen-bond acceptors (Lipinski definition) is 3. The zero-order valence-corrected chi connectivity index (χ0v) is 21.5. The fraction of sp³-hybridized carbons (Fsp3) is 0.310. The molecule has 1 atom stereocenters. The van der Waals surface area contributed by atoms with Crippen molar-refractivity contribution in [1.82, 2.24) is 4.57 Å². The monoisotopic (exact) mass is 487 g/mol. The van der Waals surface area contributed by atoms with Crippen molar-refractivity contribution in [2.24, 2.45) is 0 Å². The van der Waals surface area contributed by atoms with Gasteiger partial charge in [-0.15, -0.1) is 11.8 Å². The Morgan fingerprint density at radius 1 is 0.857 bits per heavy atom. The van der Waals surface area contributed by atoms with Crippen LogP contribution in [0.25, 0.3) is 21.8 Å². The number of amides is 2. The van der Waals surface area contributed by atoms with Crippen LogP contribution in [-0.2, 0) is 16.1 Å². The molecule has 0 saturated heterocycles. The van der Waals surface area contributed by atoms with Gasteiger partial charge in [-0.3, -0.25) is 9.59 Å². The predicted octanol–water partition coefficient (Wildman–Crippen LogP) is 7.45. The van der Waals surface area contributed by atoms with Crippen LogP contribution in [0.3, 0.4) is 0 Å². The van der Waals surface area contributed by atoms with Crippen molar-refractivity contribution < 1.29 is 9.59 Å². The lowest BCUT2D eigenvalue weighted by atomic mass is 10.1. The fourth-order valence-corrected chi connectivity index (χ4v) is 5.40. The molecule has 4 aromatic rings. The molecule has 35 heavy (non-hydrogen) atoms. The molecule has 4 rings (SSSR count). The van der Waals surface area contributed by atoms with E-state index in [2.05, 4.69) is 65.4 Å². The Kier molecular flexibility index (Phi) is 8.13. The number of hydrogen-bond donors (Lipinski definition) is 2. The highest BCUT2D eigenvalue weighted by atomic mass is 32.2. The molecule has 0 bridgehead atoms. The molecule has 3 aromatic carbocycles. The van der Waals surface area contributed by atoms with Crippen molar-refractivity contribution >= 4 is 56.8 Å². The molecule has 182 valence electrons. The van der Waals surface area contributed by atoms with Crippen LogP contribution in [-0.4, -0.2) is 21.6 Å². The van der Waals surface area contributed by atoms with Gasteiger partial charge in [0.2, 0.25) is 11.8 Å². The van der Waals surface area contributed by atoms with Gasteiger partial charge in [-0.2, -0.15) is 0 Å². The number of unbranched alkanes of at least 4 members (excludes halogenated alkanes) is 1. The Morgan fingerprint density at radius 3 is 2.40 bits per heavy atom. The molecule has 0 aliphatic heterocycles. The van der Waals surface area contributed by atoms with Gasteiger partial charge in [0.15, 0.2) is 0 Å². The highest BCUT2D eigenvalue weighted by Crippen LogP contribution is 2.32. The van der Waals surface area contributed by atoms with E-state index in [1.165, 1.54) is 28.2 Å². The molecule has 0 fully saturated rings. The molecule has 0 spiro atoms. The first-order chi connectivity index (χ1) is 17.0. The highest BCUT2D eigenvalue weighted by Gasteiger charge is 2.19. The third-order valence-electron chi connectivity index (χ3n) is 6.17. The van der Waals surface area contributed by atoms with Crippen molar-refractivity contribution in [1.29, 1.82) is 0 Å². The summed E-state index contributed by atoms with van der Waals surface area (Å²) in [6.07, 6.45) is 3.09. The SMILES string of the molecule is CCCCC(=O)Nc1cccc(SC(CC)C(=O)Nc2ccc3c(c2)c2ccccc2n3CC)c1. The van der Waals surface area contributed by atoms with Crippen LogP contribution in [0.5, 0.6) is 0 Å². The van der Waals surface area contributed by atoms with Gasteiger partial charge < -0.3 is 15.2 Å². The molecule has 5 nitrogen and oxygen atoms in total. The molecule has 1 unspecified atom stereocenters. The second-order valence-electron chi connectivity index (χ2n) is 8.68. The average Bonchev–Trinajstić information content (AvgIpc) is 3.19. The minimum absolute atomic E-state index is 0.0199. The summed E-state index contributed by atoms with van der Waals surface area (Å²) in [7, 11) is 0. The summed E-state index contributed by atoms with van der Waals surface area (Å²) >= 11 is 1.52. The second-order valence-corrected chi connectivity index (χ2v) is 9.95. The van der Waals surface area contributed by atoms with Gasteiger partial charge in [0.1, 0.15) is 0 Å². The van der Waals surface area contributed by atoms with Crippen LogP contribution in [0.1, 0.15) is 46.5 Å². The van der Waals surface area contributed by atoms with Crippen LogP contribution in [0, 0.1) is 0 Å². The van der Waals surface area contributed by atoms with Crippen molar-refractivity contribution in [3.63, 3.8) is 0 Å². The summed E-state index contributed by atoms with van der Waals surface area (Å²) in [5.41, 5.74) is 3.95. The quantitative estimate of drug-likeness (QED) is 0.228. The number of nitrogens with one attached hydrogen (secondary N) is 2. The molecule has 0 saturated carbocycles. The first-order valence-electron chi connectivity index (χ1n) is 12.4. The normalized spacial score (nSPS) is 12.1. The fourth-order valence-electron chi connectivity index (χ4n) is 4.39. The van der Waals surface area contributed by atoms with Gasteiger partial charge in [0, 0.05) is 51.0 Å². The summed E-state index contributed by atoms with van der Waals surface area (Å²) in [5, 5.41) is 8.19. The molecule has 6 heteroatoms. The van der Waals surface area contributed by atoms with Crippen LogP contribution < -0.4 is 10.6 Å². The topological polar surface area (TPSA) is 63.1 Å². The minimum atomic E-state index is -0.242. The zero-order valence-electron chi connectivity index (χ0n) is 20.6. The minimum Gasteiger partial charge on any atom is -0.341 e. The number of thioether (sulfide) groups is 1. The number of rotatable bonds is 10. The molecular weight excluding hydrogens is 454 g/mol. The van der Waals surface area contributed by atoms with E-state index in [4.69, 9.17) is 0 Å². The van der Waals surface area contributed by atoms with Gasteiger partial charge >= 0.3 is 0 Å². The van der Waals surface area contributed by atoms with E-state index in [1.807, 2.05) is 37.3 Å². The number of aromatic nitrogens is 1. The Hall–Kier alpha value is -3.25. The molecule has 2 amide bonds. The predicted molar refractivity (Wildman–Crippen MR) is 148 cm³/mol. The maximum absolute atomic E-state index is 13.2. The van der Waals surface area contributed by atoms with E-state index < -0.39 is 0 Å². The molecule has 1 heterocycles. The third-order valence-corrected chi connectivity index (χ3v) is 7.53. The zero-order chi connectivity index (χ0) is 24.8. The van der Waals surface area contributed by atoms with Gasteiger partial charge in [-0.25, -0.2) is 0 Å². The molecule has 0 aliphatic rings.